The number of nitrogens with one attached hydrogen (secondary N) is 1. The second kappa shape index (κ2) is 8.47. The molecule has 0 saturated heterocycles. The van der Waals surface area contributed by atoms with Gasteiger partial charge in [0.05, 0.1) is 31.2 Å². The summed E-state index contributed by atoms with van der Waals surface area (Å²) in [6.07, 6.45) is 0. The number of nitrogens with zero attached hydrogens (tertiary/aromatic N) is 1. The molecule has 0 aromatic heterocycles. The molecule has 152 valence electrons. The van der Waals surface area contributed by atoms with Crippen molar-refractivity contribution < 1.29 is 27.1 Å². The van der Waals surface area contributed by atoms with E-state index in [0.29, 0.717) is 5.56 Å². The second-order valence-corrected chi connectivity index (χ2v) is 8.29. The van der Waals surface area contributed by atoms with E-state index in [1.165, 1.54) is 58.5 Å². The molecule has 1 amide bonds. The van der Waals surface area contributed by atoms with Crippen LogP contribution < -0.4 is 19.1 Å². The number of hydrogen-bond donors (Lipinski definition) is 1. The number of benzene rings is 2. The summed E-state index contributed by atoms with van der Waals surface area (Å²) >= 11 is 0. The molecular formula is C19H23FN2O5S. The van der Waals surface area contributed by atoms with Crippen LogP contribution in [0.2, 0.25) is 0 Å². The number of anilines is 2. The zero-order valence-electron chi connectivity index (χ0n) is 16.4. The zero-order valence-corrected chi connectivity index (χ0v) is 17.2. The van der Waals surface area contributed by atoms with Crippen LogP contribution in [0.25, 0.3) is 0 Å². The molecule has 0 aliphatic carbocycles. The van der Waals surface area contributed by atoms with E-state index in [-0.39, 0.29) is 34.2 Å². The number of ether oxygens (including phenoxy) is 2. The highest BCUT2D eigenvalue weighted by atomic mass is 32.2. The first-order valence-electron chi connectivity index (χ1n) is 8.44. The Bertz CT molecular complexity index is 992. The highest BCUT2D eigenvalue weighted by molar-refractivity contribution is 7.92. The van der Waals surface area contributed by atoms with Crippen LogP contribution in [-0.2, 0) is 10.0 Å². The first-order chi connectivity index (χ1) is 13.1. The normalized spacial score (nSPS) is 11.1. The number of halogens is 1. The molecule has 0 bridgehead atoms. The van der Waals surface area contributed by atoms with Crippen LogP contribution >= 0.6 is 0 Å². The van der Waals surface area contributed by atoms with E-state index in [0.717, 1.165) is 4.31 Å². The lowest BCUT2D eigenvalue weighted by atomic mass is 10.1. The van der Waals surface area contributed by atoms with Gasteiger partial charge in [0.1, 0.15) is 5.82 Å². The fraction of sp³-hybridized carbons (Fsp3) is 0.316. The maximum absolute atomic E-state index is 13.6. The summed E-state index contributed by atoms with van der Waals surface area (Å²) in [4.78, 5) is 12.9. The fourth-order valence-electron chi connectivity index (χ4n) is 2.57. The summed E-state index contributed by atoms with van der Waals surface area (Å²) in [7, 11) is 0.523. The first kappa shape index (κ1) is 21.5. The summed E-state index contributed by atoms with van der Waals surface area (Å²) < 4.78 is 49.8. The van der Waals surface area contributed by atoms with Crippen molar-refractivity contribution >= 4 is 27.3 Å². The molecule has 1 N–H and O–H groups in total. The summed E-state index contributed by atoms with van der Waals surface area (Å²) in [5, 5.41) is 2.62. The predicted molar refractivity (Wildman–Crippen MR) is 107 cm³/mol. The summed E-state index contributed by atoms with van der Waals surface area (Å²) in [5.41, 5.74) is 1.10. The van der Waals surface area contributed by atoms with Gasteiger partial charge in [0.25, 0.3) is 5.91 Å². The quantitative estimate of drug-likeness (QED) is 0.758. The van der Waals surface area contributed by atoms with Crippen molar-refractivity contribution in [3.8, 4) is 11.5 Å². The Labute approximate surface area is 164 Å². The van der Waals surface area contributed by atoms with E-state index in [4.69, 9.17) is 9.47 Å². The van der Waals surface area contributed by atoms with Crippen LogP contribution in [0.5, 0.6) is 11.5 Å². The smallest absolute Gasteiger partial charge is 0.257 e. The Morgan fingerprint density at radius 1 is 1.14 bits per heavy atom. The zero-order chi connectivity index (χ0) is 21.1. The Hall–Kier alpha value is -2.81. The standard InChI is InChI=1S/C19H23FN2O5S/c1-6-28(24,25)22(3)16-11-18(27-5)17(26-4)10-14(16)19(23)21-15-9-13(20)8-7-12(15)2/h7-11H,6H2,1-5H3,(H,21,23). The molecule has 2 aromatic rings. The number of methoxy groups -OCH3 is 2. The van der Waals surface area contributed by atoms with Crippen molar-refractivity contribution in [2.45, 2.75) is 13.8 Å². The molecule has 0 aliphatic heterocycles. The van der Waals surface area contributed by atoms with Gasteiger partial charge in [-0.2, -0.15) is 0 Å². The summed E-state index contributed by atoms with van der Waals surface area (Å²) in [6, 6.07) is 6.82. The Morgan fingerprint density at radius 3 is 2.32 bits per heavy atom. The molecule has 2 aromatic carbocycles. The maximum Gasteiger partial charge on any atom is 0.257 e. The van der Waals surface area contributed by atoms with Gasteiger partial charge >= 0.3 is 0 Å². The minimum Gasteiger partial charge on any atom is -0.493 e. The molecule has 2 rings (SSSR count). The minimum atomic E-state index is -3.64. The Morgan fingerprint density at radius 2 is 1.75 bits per heavy atom. The van der Waals surface area contributed by atoms with Crippen LogP contribution in [0.3, 0.4) is 0 Å². The van der Waals surface area contributed by atoms with Crippen LogP contribution in [0.1, 0.15) is 22.8 Å². The molecule has 0 heterocycles. The average molecular weight is 410 g/mol. The molecule has 0 aliphatic rings. The van der Waals surface area contributed by atoms with Crippen molar-refractivity contribution in [3.05, 3.63) is 47.3 Å². The van der Waals surface area contributed by atoms with Gasteiger partial charge in [0.15, 0.2) is 11.5 Å². The molecule has 0 saturated carbocycles. The number of sulfonamides is 1. The van der Waals surface area contributed by atoms with Gasteiger partial charge in [0, 0.05) is 18.8 Å². The summed E-state index contributed by atoms with van der Waals surface area (Å²) in [5.74, 6) is -0.729. The van der Waals surface area contributed by atoms with Crippen LogP contribution in [-0.4, -0.2) is 41.3 Å². The fourth-order valence-corrected chi connectivity index (χ4v) is 3.41. The van der Waals surface area contributed by atoms with E-state index >= 15 is 0 Å². The first-order valence-corrected chi connectivity index (χ1v) is 10.1. The van der Waals surface area contributed by atoms with E-state index in [2.05, 4.69) is 5.32 Å². The van der Waals surface area contributed by atoms with E-state index in [1.807, 2.05) is 0 Å². The monoisotopic (exact) mass is 410 g/mol. The van der Waals surface area contributed by atoms with Gasteiger partial charge in [0.2, 0.25) is 10.0 Å². The van der Waals surface area contributed by atoms with Crippen molar-refractivity contribution in [2.24, 2.45) is 0 Å². The third-order valence-corrected chi connectivity index (χ3v) is 6.08. The lowest BCUT2D eigenvalue weighted by Crippen LogP contribution is -2.30. The minimum absolute atomic E-state index is 0.0424. The Balaban J connectivity index is 2.59. The lowest BCUT2D eigenvalue weighted by Gasteiger charge is -2.23. The lowest BCUT2D eigenvalue weighted by molar-refractivity contribution is 0.102. The van der Waals surface area contributed by atoms with Crippen LogP contribution in [0.4, 0.5) is 15.8 Å². The number of aryl methyl sites for hydroxylation is 1. The van der Waals surface area contributed by atoms with Gasteiger partial charge in [-0.25, -0.2) is 12.8 Å². The molecule has 9 heteroatoms. The molecule has 7 nitrogen and oxygen atoms in total. The van der Waals surface area contributed by atoms with Gasteiger partial charge in [-0.15, -0.1) is 0 Å². The highest BCUT2D eigenvalue weighted by Crippen LogP contribution is 2.36. The number of hydrogen-bond acceptors (Lipinski definition) is 5. The van der Waals surface area contributed by atoms with E-state index in [9.17, 15) is 17.6 Å². The number of amides is 1. The third-order valence-electron chi connectivity index (χ3n) is 4.32. The molecule has 0 atom stereocenters. The largest absolute Gasteiger partial charge is 0.493 e. The van der Waals surface area contributed by atoms with Crippen molar-refractivity contribution in [1.29, 1.82) is 0 Å². The van der Waals surface area contributed by atoms with E-state index in [1.54, 1.807) is 6.92 Å². The molecule has 28 heavy (non-hydrogen) atoms. The van der Waals surface area contributed by atoms with Crippen LogP contribution in [0, 0.1) is 12.7 Å². The topological polar surface area (TPSA) is 84.9 Å². The Kier molecular flexibility index (Phi) is 6.50. The molecule has 0 fully saturated rings. The number of carbonyl (C=O) groups is 1. The third kappa shape index (κ3) is 4.36. The molecular weight excluding hydrogens is 387 g/mol. The summed E-state index contributed by atoms with van der Waals surface area (Å²) in [6.45, 7) is 3.22. The molecule has 0 radical (unpaired) electrons. The number of rotatable bonds is 7. The van der Waals surface area contributed by atoms with Gasteiger partial charge in [-0.05, 0) is 37.6 Å². The van der Waals surface area contributed by atoms with Crippen LogP contribution in [0.15, 0.2) is 30.3 Å². The predicted octanol–water partition coefficient (Wildman–Crippen LogP) is 3.19. The average Bonchev–Trinajstić information content (AvgIpc) is 2.68. The SMILES string of the molecule is CCS(=O)(=O)N(C)c1cc(OC)c(OC)cc1C(=O)Nc1cc(F)ccc1C. The van der Waals surface area contributed by atoms with Crippen molar-refractivity contribution in [1.82, 2.24) is 0 Å². The van der Waals surface area contributed by atoms with Crippen molar-refractivity contribution in [3.63, 3.8) is 0 Å². The van der Waals surface area contributed by atoms with Gasteiger partial charge in [-0.3, -0.25) is 9.10 Å². The van der Waals surface area contributed by atoms with Gasteiger partial charge < -0.3 is 14.8 Å². The highest BCUT2D eigenvalue weighted by Gasteiger charge is 2.25. The molecule has 0 unspecified atom stereocenters. The molecule has 0 spiro atoms. The van der Waals surface area contributed by atoms with Crippen molar-refractivity contribution in [2.75, 3.05) is 36.6 Å². The second-order valence-electron chi connectivity index (χ2n) is 6.01. The van der Waals surface area contributed by atoms with E-state index < -0.39 is 21.7 Å². The maximum atomic E-state index is 13.6. The number of carbonyl (C=O) groups excluding carboxylic acids is 1. The van der Waals surface area contributed by atoms with Gasteiger partial charge in [-0.1, -0.05) is 6.07 Å².